The second kappa shape index (κ2) is 5.85. The van der Waals surface area contributed by atoms with Crippen LogP contribution >= 0.6 is 23.2 Å². The van der Waals surface area contributed by atoms with Crippen molar-refractivity contribution in [2.75, 3.05) is 0 Å². The van der Waals surface area contributed by atoms with Gasteiger partial charge in [0, 0.05) is 21.2 Å². The largest absolute Gasteiger partial charge is 0.417 e. The predicted molar refractivity (Wildman–Crippen MR) is 80.3 cm³/mol. The van der Waals surface area contributed by atoms with Crippen molar-refractivity contribution in [3.63, 3.8) is 0 Å². The Morgan fingerprint density at radius 3 is 2.48 bits per heavy atom. The van der Waals surface area contributed by atoms with Crippen molar-refractivity contribution < 1.29 is 9.52 Å². The molecule has 2 aromatic carbocycles. The first-order chi connectivity index (χ1) is 10.1. The molecular weight excluding hydrogens is 311 g/mol. The van der Waals surface area contributed by atoms with E-state index in [4.69, 9.17) is 27.6 Å². The maximum Gasteiger partial charge on any atom is 0.249 e. The molecule has 1 heterocycles. The second-order valence-electron chi connectivity index (χ2n) is 4.38. The lowest BCUT2D eigenvalue weighted by Crippen LogP contribution is -2.00. The Morgan fingerprint density at radius 1 is 1.00 bits per heavy atom. The van der Waals surface area contributed by atoms with Gasteiger partial charge in [0.25, 0.3) is 0 Å². The molecule has 6 heteroatoms. The van der Waals surface area contributed by atoms with Gasteiger partial charge in [0.1, 0.15) is 0 Å². The summed E-state index contributed by atoms with van der Waals surface area (Å²) < 4.78 is 5.51. The number of aliphatic hydroxyl groups excluding tert-OH is 1. The second-order valence-corrected chi connectivity index (χ2v) is 5.22. The highest BCUT2D eigenvalue weighted by molar-refractivity contribution is 6.35. The topological polar surface area (TPSA) is 59.2 Å². The SMILES string of the molecule is O[C@H](c1nnc(-c2ccccc2)o1)c1ccc(Cl)cc1Cl. The van der Waals surface area contributed by atoms with Crippen LogP contribution in [0.3, 0.4) is 0 Å². The molecule has 0 fully saturated rings. The van der Waals surface area contributed by atoms with Gasteiger partial charge in [0.15, 0.2) is 6.10 Å². The molecule has 0 saturated carbocycles. The van der Waals surface area contributed by atoms with Crippen LogP contribution in [-0.2, 0) is 0 Å². The molecule has 0 spiro atoms. The van der Waals surface area contributed by atoms with E-state index < -0.39 is 6.10 Å². The number of hydrogen-bond acceptors (Lipinski definition) is 4. The first-order valence-electron chi connectivity index (χ1n) is 6.17. The van der Waals surface area contributed by atoms with Crippen molar-refractivity contribution >= 4 is 23.2 Å². The van der Waals surface area contributed by atoms with Gasteiger partial charge in [-0.3, -0.25) is 0 Å². The van der Waals surface area contributed by atoms with Crippen molar-refractivity contribution in [1.29, 1.82) is 0 Å². The Morgan fingerprint density at radius 2 is 1.76 bits per heavy atom. The molecule has 1 aromatic heterocycles. The molecule has 1 atom stereocenters. The first-order valence-corrected chi connectivity index (χ1v) is 6.92. The maximum absolute atomic E-state index is 10.3. The molecular formula is C15H10Cl2N2O2. The van der Waals surface area contributed by atoms with Crippen LogP contribution in [0.5, 0.6) is 0 Å². The fraction of sp³-hybridized carbons (Fsp3) is 0.0667. The number of benzene rings is 2. The number of aliphatic hydroxyl groups is 1. The third-order valence-corrected chi connectivity index (χ3v) is 3.51. The van der Waals surface area contributed by atoms with Crippen LogP contribution in [0.4, 0.5) is 0 Å². The average molecular weight is 321 g/mol. The molecule has 106 valence electrons. The number of rotatable bonds is 3. The molecule has 0 saturated heterocycles. The molecule has 0 aliphatic carbocycles. The van der Waals surface area contributed by atoms with E-state index in [9.17, 15) is 5.11 Å². The summed E-state index contributed by atoms with van der Waals surface area (Å²) in [7, 11) is 0. The molecule has 1 N–H and O–H groups in total. The van der Waals surface area contributed by atoms with Gasteiger partial charge in [-0.25, -0.2) is 0 Å². The lowest BCUT2D eigenvalue weighted by molar-refractivity contribution is 0.183. The lowest BCUT2D eigenvalue weighted by Gasteiger charge is -2.08. The van der Waals surface area contributed by atoms with Crippen LogP contribution in [0.15, 0.2) is 52.9 Å². The van der Waals surface area contributed by atoms with E-state index >= 15 is 0 Å². The molecule has 0 aliphatic rings. The summed E-state index contributed by atoms with van der Waals surface area (Å²) >= 11 is 11.9. The van der Waals surface area contributed by atoms with Crippen molar-refractivity contribution in [2.45, 2.75) is 6.10 Å². The van der Waals surface area contributed by atoms with Crippen LogP contribution in [0, 0.1) is 0 Å². The summed E-state index contributed by atoms with van der Waals surface area (Å²) in [6.45, 7) is 0. The van der Waals surface area contributed by atoms with Gasteiger partial charge in [-0.05, 0) is 24.3 Å². The van der Waals surface area contributed by atoms with E-state index in [0.717, 1.165) is 5.56 Å². The molecule has 3 rings (SSSR count). The third kappa shape index (κ3) is 2.93. The van der Waals surface area contributed by atoms with Crippen molar-refractivity contribution in [2.24, 2.45) is 0 Å². The molecule has 0 unspecified atom stereocenters. The quantitative estimate of drug-likeness (QED) is 0.788. The highest BCUT2D eigenvalue weighted by Gasteiger charge is 2.21. The van der Waals surface area contributed by atoms with Crippen LogP contribution in [-0.4, -0.2) is 15.3 Å². The van der Waals surface area contributed by atoms with Crippen molar-refractivity contribution in [3.05, 3.63) is 70.0 Å². The minimum atomic E-state index is -1.10. The molecule has 4 nitrogen and oxygen atoms in total. The van der Waals surface area contributed by atoms with Crippen LogP contribution < -0.4 is 0 Å². The van der Waals surface area contributed by atoms with Crippen LogP contribution in [0.2, 0.25) is 10.0 Å². The number of halogens is 2. The van der Waals surface area contributed by atoms with Crippen molar-refractivity contribution in [3.8, 4) is 11.5 Å². The highest BCUT2D eigenvalue weighted by atomic mass is 35.5. The zero-order valence-electron chi connectivity index (χ0n) is 10.7. The Bertz CT molecular complexity index is 759. The van der Waals surface area contributed by atoms with E-state index in [1.54, 1.807) is 18.2 Å². The summed E-state index contributed by atoms with van der Waals surface area (Å²) in [5, 5.41) is 18.9. The molecule has 0 aliphatic heterocycles. The fourth-order valence-electron chi connectivity index (χ4n) is 1.90. The molecule has 0 radical (unpaired) electrons. The van der Waals surface area contributed by atoms with Crippen LogP contribution in [0.1, 0.15) is 17.6 Å². The van der Waals surface area contributed by atoms with E-state index in [2.05, 4.69) is 10.2 Å². The standard InChI is InChI=1S/C15H10Cl2N2O2/c16-10-6-7-11(12(17)8-10)13(20)15-19-18-14(21-15)9-4-2-1-3-5-9/h1-8,13,20H/t13-/m0/s1. The summed E-state index contributed by atoms with van der Waals surface area (Å²) in [4.78, 5) is 0. The van der Waals surface area contributed by atoms with E-state index in [0.29, 0.717) is 21.5 Å². The smallest absolute Gasteiger partial charge is 0.249 e. The van der Waals surface area contributed by atoms with Crippen molar-refractivity contribution in [1.82, 2.24) is 10.2 Å². The predicted octanol–water partition coefficient (Wildman–Crippen LogP) is 4.13. The normalized spacial score (nSPS) is 12.3. The van der Waals surface area contributed by atoms with Gasteiger partial charge < -0.3 is 9.52 Å². The fourth-order valence-corrected chi connectivity index (χ4v) is 2.41. The molecule has 3 aromatic rings. The Balaban J connectivity index is 1.92. The summed E-state index contributed by atoms with van der Waals surface area (Å²) in [5.74, 6) is 0.424. The molecule has 0 amide bonds. The number of nitrogens with zero attached hydrogens (tertiary/aromatic N) is 2. The highest BCUT2D eigenvalue weighted by Crippen LogP contribution is 2.30. The minimum Gasteiger partial charge on any atom is -0.417 e. The summed E-state index contributed by atoms with van der Waals surface area (Å²) in [6, 6.07) is 14.1. The van der Waals surface area contributed by atoms with E-state index in [1.807, 2.05) is 30.3 Å². The maximum atomic E-state index is 10.3. The molecule has 0 bridgehead atoms. The number of hydrogen-bond donors (Lipinski definition) is 1. The zero-order valence-corrected chi connectivity index (χ0v) is 12.2. The third-order valence-electron chi connectivity index (χ3n) is 2.95. The van der Waals surface area contributed by atoms with Gasteiger partial charge in [-0.2, -0.15) is 0 Å². The lowest BCUT2D eigenvalue weighted by atomic mass is 10.1. The van der Waals surface area contributed by atoms with Crippen LogP contribution in [0.25, 0.3) is 11.5 Å². The molecule has 21 heavy (non-hydrogen) atoms. The summed E-state index contributed by atoms with van der Waals surface area (Å²) in [6.07, 6.45) is -1.10. The van der Waals surface area contributed by atoms with Gasteiger partial charge in [0.05, 0.1) is 0 Å². The summed E-state index contributed by atoms with van der Waals surface area (Å²) in [5.41, 5.74) is 1.25. The average Bonchev–Trinajstić information content (AvgIpc) is 2.97. The van der Waals surface area contributed by atoms with Gasteiger partial charge in [-0.1, -0.05) is 47.5 Å². The van der Waals surface area contributed by atoms with Gasteiger partial charge in [0.2, 0.25) is 11.8 Å². The Hall–Kier alpha value is -1.88. The Labute approximate surface area is 131 Å². The Kier molecular flexibility index (Phi) is 3.92. The van der Waals surface area contributed by atoms with Gasteiger partial charge in [-0.15, -0.1) is 10.2 Å². The van der Waals surface area contributed by atoms with Gasteiger partial charge >= 0.3 is 0 Å². The van der Waals surface area contributed by atoms with E-state index in [-0.39, 0.29) is 5.89 Å². The first kappa shape index (κ1) is 14.1. The number of aromatic nitrogens is 2. The minimum absolute atomic E-state index is 0.0816. The van der Waals surface area contributed by atoms with E-state index in [1.165, 1.54) is 0 Å². The zero-order chi connectivity index (χ0) is 14.8. The monoisotopic (exact) mass is 320 g/mol.